The van der Waals surface area contributed by atoms with Gasteiger partial charge in [0.15, 0.2) is 5.75 Å². The third kappa shape index (κ3) is 3.03. The van der Waals surface area contributed by atoms with E-state index in [0.29, 0.717) is 28.6 Å². The van der Waals surface area contributed by atoms with Crippen LogP contribution in [0.2, 0.25) is 5.02 Å². The van der Waals surface area contributed by atoms with Gasteiger partial charge in [-0.15, -0.1) is 0 Å². The number of anilines is 1. The highest BCUT2D eigenvalue weighted by Gasteiger charge is 2.08. The highest BCUT2D eigenvalue weighted by molar-refractivity contribution is 6.32. The van der Waals surface area contributed by atoms with Crippen molar-refractivity contribution in [2.24, 2.45) is 5.73 Å². The lowest BCUT2D eigenvalue weighted by atomic mass is 10.1. The van der Waals surface area contributed by atoms with Gasteiger partial charge < -0.3 is 16.2 Å². The molecule has 0 saturated heterocycles. The summed E-state index contributed by atoms with van der Waals surface area (Å²) in [5.74, 6) is 0.0171. The van der Waals surface area contributed by atoms with Crippen LogP contribution in [0.1, 0.15) is 21.5 Å². The number of aryl methyl sites for hydroxylation is 1. The Labute approximate surface area is 122 Å². The Morgan fingerprint density at radius 3 is 2.65 bits per heavy atom. The molecule has 1 amide bonds. The summed E-state index contributed by atoms with van der Waals surface area (Å²) in [6, 6.07) is 10.4. The van der Waals surface area contributed by atoms with Gasteiger partial charge in [-0.3, -0.25) is 4.79 Å². The number of carbonyl (C=O) groups is 1. The molecule has 0 heterocycles. The molecule has 0 aliphatic carbocycles. The molecule has 0 aliphatic rings. The summed E-state index contributed by atoms with van der Waals surface area (Å²) in [7, 11) is 0. The van der Waals surface area contributed by atoms with Gasteiger partial charge in [0.2, 0.25) is 5.91 Å². The smallest absolute Gasteiger partial charge is 0.248 e. The Hall–Kier alpha value is -2.20. The largest absolute Gasteiger partial charge is 0.485 e. The lowest BCUT2D eigenvalue weighted by Crippen LogP contribution is -2.11. The molecular formula is C15H15ClN2O2. The molecule has 0 unspecified atom stereocenters. The molecule has 20 heavy (non-hydrogen) atoms. The van der Waals surface area contributed by atoms with E-state index in [-0.39, 0.29) is 0 Å². The van der Waals surface area contributed by atoms with Crippen LogP contribution in [-0.2, 0) is 6.61 Å². The number of ether oxygens (including phenoxy) is 1. The highest BCUT2D eigenvalue weighted by atomic mass is 35.5. The van der Waals surface area contributed by atoms with Gasteiger partial charge in [0.05, 0.1) is 10.7 Å². The molecule has 0 aliphatic heterocycles. The zero-order valence-electron chi connectivity index (χ0n) is 11.0. The van der Waals surface area contributed by atoms with Gasteiger partial charge in [-0.2, -0.15) is 0 Å². The van der Waals surface area contributed by atoms with E-state index in [9.17, 15) is 4.79 Å². The number of amides is 1. The van der Waals surface area contributed by atoms with Crippen molar-refractivity contribution >= 4 is 23.2 Å². The summed E-state index contributed by atoms with van der Waals surface area (Å²) in [5.41, 5.74) is 13.9. The average Bonchev–Trinajstić information content (AvgIpc) is 2.39. The molecule has 0 radical (unpaired) electrons. The quantitative estimate of drug-likeness (QED) is 0.850. The number of carbonyl (C=O) groups excluding carboxylic acids is 1. The summed E-state index contributed by atoms with van der Waals surface area (Å²) in [5, 5.41) is 0.469. The van der Waals surface area contributed by atoms with Gasteiger partial charge in [-0.1, -0.05) is 23.7 Å². The summed E-state index contributed by atoms with van der Waals surface area (Å²) >= 11 is 6.04. The number of hydrogen-bond acceptors (Lipinski definition) is 3. The lowest BCUT2D eigenvalue weighted by Gasteiger charge is -2.12. The number of rotatable bonds is 4. The second-order valence-corrected chi connectivity index (χ2v) is 4.86. The van der Waals surface area contributed by atoms with Crippen LogP contribution in [0.3, 0.4) is 0 Å². The van der Waals surface area contributed by atoms with Crippen molar-refractivity contribution in [2.45, 2.75) is 13.5 Å². The van der Waals surface area contributed by atoms with Crippen molar-refractivity contribution < 1.29 is 9.53 Å². The number of nitrogen functional groups attached to an aromatic ring is 1. The molecule has 2 aromatic rings. The minimum atomic E-state index is -0.448. The third-order valence-electron chi connectivity index (χ3n) is 3.00. The molecule has 2 rings (SSSR count). The third-order valence-corrected chi connectivity index (χ3v) is 3.29. The van der Waals surface area contributed by atoms with Gasteiger partial charge in [-0.25, -0.2) is 0 Å². The topological polar surface area (TPSA) is 78.3 Å². The van der Waals surface area contributed by atoms with Gasteiger partial charge in [0.25, 0.3) is 0 Å². The van der Waals surface area contributed by atoms with E-state index >= 15 is 0 Å². The average molecular weight is 291 g/mol. The van der Waals surface area contributed by atoms with E-state index in [2.05, 4.69) is 0 Å². The maximum atomic E-state index is 11.1. The maximum absolute atomic E-state index is 11.1. The van der Waals surface area contributed by atoms with Crippen LogP contribution in [-0.4, -0.2) is 5.91 Å². The molecule has 0 aromatic heterocycles. The van der Waals surface area contributed by atoms with E-state index in [0.717, 1.165) is 11.1 Å². The molecule has 0 fully saturated rings. The molecule has 5 heteroatoms. The molecule has 4 nitrogen and oxygen atoms in total. The van der Waals surface area contributed by atoms with Gasteiger partial charge in [-0.05, 0) is 42.3 Å². The fourth-order valence-corrected chi connectivity index (χ4v) is 2.08. The number of hydrogen-bond donors (Lipinski definition) is 2. The van der Waals surface area contributed by atoms with Crippen LogP contribution in [0.25, 0.3) is 0 Å². The molecule has 104 valence electrons. The van der Waals surface area contributed by atoms with Crippen LogP contribution >= 0.6 is 11.6 Å². The standard InChI is InChI=1S/C15H15ClN2O2/c1-9-7-10(15(18)19)5-6-11(9)8-20-14-12(16)3-2-4-13(14)17/h2-7H,8,17H2,1H3,(H2,18,19). The first-order valence-corrected chi connectivity index (χ1v) is 6.43. The summed E-state index contributed by atoms with van der Waals surface area (Å²) < 4.78 is 5.66. The van der Waals surface area contributed by atoms with Crippen molar-refractivity contribution in [2.75, 3.05) is 5.73 Å². The van der Waals surface area contributed by atoms with Gasteiger partial charge >= 0.3 is 0 Å². The SMILES string of the molecule is Cc1cc(C(N)=O)ccc1COc1c(N)cccc1Cl. The first kappa shape index (κ1) is 14.2. The van der Waals surface area contributed by atoms with Crippen molar-refractivity contribution in [3.63, 3.8) is 0 Å². The van der Waals surface area contributed by atoms with Crippen molar-refractivity contribution in [3.8, 4) is 5.75 Å². The Bertz CT molecular complexity index is 636. The molecular weight excluding hydrogens is 276 g/mol. The monoisotopic (exact) mass is 290 g/mol. The molecule has 2 aromatic carbocycles. The molecule has 0 atom stereocenters. The first-order chi connectivity index (χ1) is 9.49. The summed E-state index contributed by atoms with van der Waals surface area (Å²) in [6.07, 6.45) is 0. The summed E-state index contributed by atoms with van der Waals surface area (Å²) in [4.78, 5) is 11.1. The fraction of sp³-hybridized carbons (Fsp3) is 0.133. The van der Waals surface area contributed by atoms with Crippen LogP contribution in [0.5, 0.6) is 5.75 Å². The van der Waals surface area contributed by atoms with E-state index < -0.39 is 5.91 Å². The number of primary amides is 1. The Kier molecular flexibility index (Phi) is 4.15. The number of benzene rings is 2. The Balaban J connectivity index is 2.17. The molecule has 0 bridgehead atoms. The predicted molar refractivity (Wildman–Crippen MR) is 79.9 cm³/mol. The summed E-state index contributed by atoms with van der Waals surface area (Å²) in [6.45, 7) is 2.21. The maximum Gasteiger partial charge on any atom is 0.248 e. The minimum absolute atomic E-state index is 0.318. The van der Waals surface area contributed by atoms with E-state index in [1.807, 2.05) is 13.0 Å². The molecule has 0 spiro atoms. The van der Waals surface area contributed by atoms with E-state index in [4.69, 9.17) is 27.8 Å². The molecule has 4 N–H and O–H groups in total. The predicted octanol–water partition coefficient (Wildman–Crippen LogP) is 2.91. The number of para-hydroxylation sites is 1. The normalized spacial score (nSPS) is 10.3. The van der Waals surface area contributed by atoms with Crippen LogP contribution in [0.4, 0.5) is 5.69 Å². The number of nitrogens with two attached hydrogens (primary N) is 2. The van der Waals surface area contributed by atoms with Crippen molar-refractivity contribution in [1.29, 1.82) is 0 Å². The zero-order valence-corrected chi connectivity index (χ0v) is 11.8. The highest BCUT2D eigenvalue weighted by Crippen LogP contribution is 2.31. The Morgan fingerprint density at radius 1 is 1.30 bits per heavy atom. The first-order valence-electron chi connectivity index (χ1n) is 6.05. The van der Waals surface area contributed by atoms with E-state index in [1.54, 1.807) is 30.3 Å². The molecule has 0 saturated carbocycles. The van der Waals surface area contributed by atoms with Gasteiger partial charge in [0, 0.05) is 5.56 Å². The second-order valence-electron chi connectivity index (χ2n) is 4.45. The zero-order chi connectivity index (χ0) is 14.7. The van der Waals surface area contributed by atoms with Crippen molar-refractivity contribution in [3.05, 3.63) is 58.1 Å². The minimum Gasteiger partial charge on any atom is -0.485 e. The van der Waals surface area contributed by atoms with Crippen molar-refractivity contribution in [1.82, 2.24) is 0 Å². The second kappa shape index (κ2) is 5.84. The lowest BCUT2D eigenvalue weighted by molar-refractivity contribution is 0.1000. The van der Waals surface area contributed by atoms with Crippen LogP contribution in [0.15, 0.2) is 36.4 Å². The number of halogens is 1. The fourth-order valence-electron chi connectivity index (χ4n) is 1.84. The Morgan fingerprint density at radius 2 is 2.05 bits per heavy atom. The van der Waals surface area contributed by atoms with E-state index in [1.165, 1.54) is 0 Å². The van der Waals surface area contributed by atoms with Crippen LogP contribution in [0, 0.1) is 6.92 Å². The van der Waals surface area contributed by atoms with Gasteiger partial charge in [0.1, 0.15) is 6.61 Å². The van der Waals surface area contributed by atoms with Crippen LogP contribution < -0.4 is 16.2 Å².